The van der Waals surface area contributed by atoms with E-state index in [1.54, 1.807) is 30.3 Å². The number of hydrogen-bond acceptors (Lipinski definition) is 5. The van der Waals surface area contributed by atoms with E-state index in [9.17, 15) is 19.1 Å². The number of aliphatic hydroxyl groups excluding tert-OH is 1. The van der Waals surface area contributed by atoms with Gasteiger partial charge >= 0.3 is 6.03 Å². The van der Waals surface area contributed by atoms with E-state index in [4.69, 9.17) is 4.74 Å². The quantitative estimate of drug-likeness (QED) is 0.114. The van der Waals surface area contributed by atoms with Crippen molar-refractivity contribution in [1.82, 2.24) is 14.8 Å². The topological polar surface area (TPSA) is 108 Å². The van der Waals surface area contributed by atoms with Crippen molar-refractivity contribution in [1.29, 1.82) is 0 Å². The first kappa shape index (κ1) is 33.7. The number of piperidine rings is 1. The number of nitrogens with zero attached hydrogens (tertiary/aromatic N) is 2. The van der Waals surface area contributed by atoms with Gasteiger partial charge in [-0.1, -0.05) is 32.0 Å². The highest BCUT2D eigenvalue weighted by atomic mass is 19.1. The fourth-order valence-electron chi connectivity index (χ4n) is 6.12. The lowest BCUT2D eigenvalue weighted by molar-refractivity contribution is 0.0794. The first-order chi connectivity index (χ1) is 23.8. The molecule has 0 atom stereocenters. The molecule has 10 heteroatoms. The summed E-state index contributed by atoms with van der Waals surface area (Å²) < 4.78 is 22.7. The van der Waals surface area contributed by atoms with E-state index in [0.717, 1.165) is 56.5 Å². The van der Waals surface area contributed by atoms with Crippen LogP contribution in [0.5, 0.6) is 11.5 Å². The lowest BCUT2D eigenvalue weighted by Crippen LogP contribution is -2.37. The van der Waals surface area contributed by atoms with Gasteiger partial charge < -0.3 is 30.4 Å². The van der Waals surface area contributed by atoms with Gasteiger partial charge in [0.05, 0.1) is 17.3 Å². The van der Waals surface area contributed by atoms with Crippen molar-refractivity contribution in [3.8, 4) is 17.2 Å². The Balaban J connectivity index is 1.06. The maximum absolute atomic E-state index is 14.7. The van der Waals surface area contributed by atoms with Gasteiger partial charge in [0.25, 0.3) is 5.91 Å². The zero-order chi connectivity index (χ0) is 34.3. The maximum Gasteiger partial charge on any atom is 0.319 e. The van der Waals surface area contributed by atoms with Crippen molar-refractivity contribution in [2.75, 3.05) is 23.7 Å². The zero-order valence-electron chi connectivity index (χ0n) is 27.8. The second-order valence-corrected chi connectivity index (χ2v) is 12.4. The molecule has 0 unspecified atom stereocenters. The Morgan fingerprint density at radius 2 is 1.59 bits per heavy atom. The normalized spacial score (nSPS) is 13.8. The lowest BCUT2D eigenvalue weighted by Gasteiger charge is -2.29. The summed E-state index contributed by atoms with van der Waals surface area (Å²) in [6.07, 6.45) is 5.15. The molecule has 3 amide bonds. The van der Waals surface area contributed by atoms with Crippen molar-refractivity contribution in [2.24, 2.45) is 0 Å². The summed E-state index contributed by atoms with van der Waals surface area (Å²) in [7, 11) is 0. The van der Waals surface area contributed by atoms with Crippen LogP contribution in [0.4, 0.5) is 20.6 Å². The molecule has 9 nitrogen and oxygen atoms in total. The third-order valence-electron chi connectivity index (χ3n) is 9.01. The highest BCUT2D eigenvalue weighted by molar-refractivity contribution is 6.04. The Morgan fingerprint density at radius 3 is 2.29 bits per heavy atom. The molecule has 0 spiro atoms. The van der Waals surface area contributed by atoms with E-state index in [-0.39, 0.29) is 29.5 Å². The van der Waals surface area contributed by atoms with Crippen molar-refractivity contribution >= 4 is 34.2 Å². The Kier molecular flexibility index (Phi) is 10.6. The highest BCUT2D eigenvalue weighted by Crippen LogP contribution is 2.29. The number of ether oxygens (including phenoxy) is 1. The molecule has 1 fully saturated rings. The average molecular weight is 664 g/mol. The molecular weight excluding hydrogens is 621 g/mol. The third kappa shape index (κ3) is 8.28. The minimum atomic E-state index is -0.614. The summed E-state index contributed by atoms with van der Waals surface area (Å²) >= 11 is 0. The predicted molar refractivity (Wildman–Crippen MR) is 191 cm³/mol. The van der Waals surface area contributed by atoms with E-state index in [1.807, 2.05) is 44.2 Å². The summed E-state index contributed by atoms with van der Waals surface area (Å²) in [5.74, 6) is -0.125. The molecule has 4 aromatic carbocycles. The molecule has 254 valence electrons. The number of likely N-dealkylation sites (tertiary alicyclic amines) is 1. The van der Waals surface area contributed by atoms with Crippen molar-refractivity contribution in [2.45, 2.75) is 58.2 Å². The molecule has 5 aromatic rings. The number of halogens is 1. The Labute approximate surface area is 285 Å². The second-order valence-electron chi connectivity index (χ2n) is 12.4. The molecule has 6 rings (SSSR count). The highest BCUT2D eigenvalue weighted by Gasteiger charge is 2.19. The van der Waals surface area contributed by atoms with E-state index in [2.05, 4.69) is 49.8 Å². The number of aliphatic hydroxyl groups is 1. The number of para-hydroxylation sites is 1. The second kappa shape index (κ2) is 15.4. The van der Waals surface area contributed by atoms with Crippen LogP contribution in [-0.4, -0.2) is 51.7 Å². The largest absolute Gasteiger partial charge is 0.457 e. The van der Waals surface area contributed by atoms with Gasteiger partial charge in [-0.3, -0.25) is 9.69 Å². The van der Waals surface area contributed by atoms with Gasteiger partial charge in [-0.25, -0.2) is 9.18 Å². The number of aromatic nitrogens is 1. The monoisotopic (exact) mass is 663 g/mol. The predicted octanol–water partition coefficient (Wildman–Crippen LogP) is 8.08. The molecule has 4 N–H and O–H groups in total. The molecule has 1 aromatic heterocycles. The molecule has 0 aliphatic carbocycles. The Bertz CT molecular complexity index is 1900. The van der Waals surface area contributed by atoms with E-state index < -0.39 is 11.8 Å². The van der Waals surface area contributed by atoms with Crippen LogP contribution in [0.15, 0.2) is 97.2 Å². The minimum absolute atomic E-state index is 0.0248. The van der Waals surface area contributed by atoms with Crippen LogP contribution in [0.25, 0.3) is 16.6 Å². The molecule has 1 aliphatic rings. The first-order valence-corrected chi connectivity index (χ1v) is 16.9. The standard InChI is InChI=1S/C39H42FN5O4/c1-3-28(4-2)42-39(48)43-36-18-17-33(23-35(36)40)49-32-15-11-29(12-16-32)41-38(47)26-9-13-30(14-10-26)45-25-27(34-7-5-6-8-37(34)45)24-44-21-19-31(46)20-22-44/h5-18,23,25,28,31,46H,3-4,19-22,24H2,1-2H3,(H,41,47)(H2,42,43,48). The number of rotatable bonds is 11. The molecule has 1 aliphatic heterocycles. The van der Waals surface area contributed by atoms with Crippen LogP contribution in [-0.2, 0) is 6.54 Å². The van der Waals surface area contributed by atoms with Crippen LogP contribution in [0.3, 0.4) is 0 Å². The molecule has 0 bridgehead atoms. The number of urea groups is 1. The minimum Gasteiger partial charge on any atom is -0.457 e. The van der Waals surface area contributed by atoms with Gasteiger partial charge in [0.15, 0.2) is 0 Å². The van der Waals surface area contributed by atoms with E-state index in [1.165, 1.54) is 23.1 Å². The van der Waals surface area contributed by atoms with Gasteiger partial charge in [0.2, 0.25) is 0 Å². The number of nitrogens with one attached hydrogen (secondary N) is 3. The summed E-state index contributed by atoms with van der Waals surface area (Å²) in [4.78, 5) is 27.7. The molecular formula is C39H42FN5O4. The molecule has 0 radical (unpaired) electrons. The summed E-state index contributed by atoms with van der Waals surface area (Å²) in [6, 6.07) is 26.5. The molecule has 2 heterocycles. The van der Waals surface area contributed by atoms with Gasteiger partial charge in [-0.2, -0.15) is 0 Å². The SMILES string of the molecule is CCC(CC)NC(=O)Nc1ccc(Oc2ccc(NC(=O)c3ccc(-n4cc(CN5CCC(O)CC5)c5ccccc54)cc3)cc2)cc1F. The Morgan fingerprint density at radius 1 is 0.898 bits per heavy atom. The van der Waals surface area contributed by atoms with Crippen LogP contribution < -0.4 is 20.7 Å². The molecule has 0 saturated carbocycles. The van der Waals surface area contributed by atoms with Crippen LogP contribution >= 0.6 is 0 Å². The van der Waals surface area contributed by atoms with Crippen molar-refractivity contribution in [3.63, 3.8) is 0 Å². The lowest BCUT2D eigenvalue weighted by atomic mass is 10.1. The Hall–Kier alpha value is -5.19. The summed E-state index contributed by atoms with van der Waals surface area (Å²) in [5, 5.41) is 19.4. The number of hydrogen-bond donors (Lipinski definition) is 4. The van der Waals surface area contributed by atoms with Gasteiger partial charge in [-0.05, 0) is 98.0 Å². The molecule has 49 heavy (non-hydrogen) atoms. The van der Waals surface area contributed by atoms with Crippen molar-refractivity contribution in [3.05, 3.63) is 114 Å². The summed E-state index contributed by atoms with van der Waals surface area (Å²) in [6.45, 7) is 6.55. The molecule has 1 saturated heterocycles. The van der Waals surface area contributed by atoms with E-state index in [0.29, 0.717) is 17.0 Å². The van der Waals surface area contributed by atoms with Crippen molar-refractivity contribution < 1.29 is 23.8 Å². The number of carbonyl (C=O) groups is 2. The van der Waals surface area contributed by atoms with E-state index >= 15 is 0 Å². The summed E-state index contributed by atoms with van der Waals surface area (Å²) in [5.41, 5.74) is 4.46. The number of benzene rings is 4. The van der Waals surface area contributed by atoms with Gasteiger partial charge in [0.1, 0.15) is 17.3 Å². The number of fused-ring (bicyclic) bond motifs is 1. The average Bonchev–Trinajstić information content (AvgIpc) is 3.48. The van der Waals surface area contributed by atoms with Gasteiger partial charge in [-0.15, -0.1) is 0 Å². The van der Waals surface area contributed by atoms with Crippen LogP contribution in [0.2, 0.25) is 0 Å². The fraction of sp³-hybridized carbons (Fsp3) is 0.282. The zero-order valence-corrected chi connectivity index (χ0v) is 27.8. The smallest absolute Gasteiger partial charge is 0.319 e. The maximum atomic E-state index is 14.7. The van der Waals surface area contributed by atoms with Gasteiger partial charge in [0, 0.05) is 60.3 Å². The first-order valence-electron chi connectivity index (χ1n) is 16.9. The number of amides is 3. The number of anilines is 2. The fourth-order valence-corrected chi connectivity index (χ4v) is 6.12. The third-order valence-corrected chi connectivity index (χ3v) is 9.01. The van der Waals surface area contributed by atoms with Crippen LogP contribution in [0.1, 0.15) is 55.5 Å². The number of carbonyl (C=O) groups excluding carboxylic acids is 2. The van der Waals surface area contributed by atoms with Crippen LogP contribution in [0, 0.1) is 5.82 Å².